The summed E-state index contributed by atoms with van der Waals surface area (Å²) in [5.74, 6) is 0.779. The van der Waals surface area contributed by atoms with Gasteiger partial charge in [-0.1, -0.05) is 6.92 Å². The Hall–Kier alpha value is -3.48. The number of aromatic nitrogens is 5. The van der Waals surface area contributed by atoms with Crippen molar-refractivity contribution >= 4 is 28.0 Å². The lowest BCUT2D eigenvalue weighted by atomic mass is 10.1. The lowest BCUT2D eigenvalue weighted by molar-refractivity contribution is -0.119. The van der Waals surface area contributed by atoms with Crippen LogP contribution in [0, 0.1) is 13.8 Å². The molecule has 7 heteroatoms. The molecule has 0 saturated heterocycles. The number of amides is 1. The second-order valence-electron chi connectivity index (χ2n) is 7.47. The highest BCUT2D eigenvalue weighted by Crippen LogP contribution is 2.27. The molecule has 0 aliphatic heterocycles. The summed E-state index contributed by atoms with van der Waals surface area (Å²) in [6, 6.07) is 2.44. The van der Waals surface area contributed by atoms with Gasteiger partial charge >= 0.3 is 0 Å². The Balaban J connectivity index is 0.000000292. The van der Waals surface area contributed by atoms with Crippen molar-refractivity contribution in [1.29, 1.82) is 0 Å². The zero-order valence-electron chi connectivity index (χ0n) is 19.3. The Morgan fingerprint density at radius 1 is 1.23 bits per heavy atom. The molecule has 4 aromatic heterocycles. The predicted molar refractivity (Wildman–Crippen MR) is 128 cm³/mol. The summed E-state index contributed by atoms with van der Waals surface area (Å²) in [7, 11) is 2.01. The highest BCUT2D eigenvalue weighted by atomic mass is 16.1. The molecule has 0 aromatic carbocycles. The van der Waals surface area contributed by atoms with E-state index in [0.29, 0.717) is 6.04 Å². The first-order chi connectivity index (χ1) is 14.8. The largest absolute Gasteiger partial charge is 0.354 e. The maximum absolute atomic E-state index is 10.3. The molecule has 0 aliphatic carbocycles. The molecule has 7 nitrogen and oxygen atoms in total. The van der Waals surface area contributed by atoms with E-state index < -0.39 is 0 Å². The van der Waals surface area contributed by atoms with E-state index in [1.54, 1.807) is 0 Å². The third-order valence-electron chi connectivity index (χ3n) is 4.89. The number of aryl methyl sites for hydroxylation is 3. The minimum Gasteiger partial charge on any atom is -0.354 e. The molecule has 0 fully saturated rings. The minimum absolute atomic E-state index is 0.0550. The second-order valence-corrected chi connectivity index (χ2v) is 7.47. The third-order valence-corrected chi connectivity index (χ3v) is 4.89. The van der Waals surface area contributed by atoms with E-state index in [2.05, 4.69) is 52.6 Å². The van der Waals surface area contributed by atoms with E-state index in [-0.39, 0.29) is 5.91 Å². The Morgan fingerprint density at radius 2 is 1.94 bits per heavy atom. The van der Waals surface area contributed by atoms with Crippen molar-refractivity contribution in [2.75, 3.05) is 0 Å². The molecule has 0 saturated carbocycles. The van der Waals surface area contributed by atoms with Gasteiger partial charge in [-0.25, -0.2) is 15.0 Å². The first-order valence-electron chi connectivity index (χ1n) is 10.3. The van der Waals surface area contributed by atoms with Crippen molar-refractivity contribution in [1.82, 2.24) is 29.8 Å². The molecule has 4 rings (SSSR count). The number of H-pyrrole nitrogens is 1. The second kappa shape index (κ2) is 10.5. The van der Waals surface area contributed by atoms with Crippen molar-refractivity contribution < 1.29 is 4.79 Å². The van der Waals surface area contributed by atoms with Gasteiger partial charge in [0.2, 0.25) is 5.91 Å². The standard InChI is InChI=1S/C16H15N5.C6H13NO.C2H4/c1-9-4-11-13(7-18-14(11)17-5-9)15-19-6-12-10(2)8-21(3)16(12)20-15;1-4-5(2)7-6(3)8;1-2/h4-8H,1-3H3,(H,17,18);5H,4H2,1-3H3,(H,7,8);1-2H2. The zero-order valence-corrected chi connectivity index (χ0v) is 19.3. The minimum atomic E-state index is 0.0550. The Kier molecular flexibility index (Phi) is 8.07. The SMILES string of the molecule is C=C.CCC(C)NC(C)=O.Cc1cnc2[nH]cc(-c3ncc4c(C)cn(C)c4n3)c2c1. The summed E-state index contributed by atoms with van der Waals surface area (Å²) in [4.78, 5) is 27.1. The Morgan fingerprint density at radius 3 is 2.55 bits per heavy atom. The summed E-state index contributed by atoms with van der Waals surface area (Å²) >= 11 is 0. The highest BCUT2D eigenvalue weighted by molar-refractivity contribution is 5.93. The van der Waals surface area contributed by atoms with Gasteiger partial charge < -0.3 is 14.9 Å². The molecule has 0 bridgehead atoms. The molecule has 0 radical (unpaired) electrons. The summed E-state index contributed by atoms with van der Waals surface area (Å²) in [6.07, 6.45) is 8.75. The van der Waals surface area contributed by atoms with Crippen molar-refractivity contribution in [3.63, 3.8) is 0 Å². The molecule has 0 spiro atoms. The van der Waals surface area contributed by atoms with E-state index in [1.165, 1.54) is 12.5 Å². The summed E-state index contributed by atoms with van der Waals surface area (Å²) in [6.45, 7) is 15.7. The molecule has 0 aliphatic rings. The van der Waals surface area contributed by atoms with Gasteiger partial charge in [-0.15, -0.1) is 13.2 Å². The van der Waals surface area contributed by atoms with Crippen LogP contribution in [0.2, 0.25) is 0 Å². The number of hydrogen-bond donors (Lipinski definition) is 2. The molecular weight excluding hydrogens is 388 g/mol. The number of nitrogens with zero attached hydrogens (tertiary/aromatic N) is 4. The molecule has 1 amide bonds. The van der Waals surface area contributed by atoms with Crippen LogP contribution >= 0.6 is 0 Å². The van der Waals surface area contributed by atoms with Crippen molar-refractivity contribution in [3.8, 4) is 11.4 Å². The van der Waals surface area contributed by atoms with Crippen LogP contribution in [0.1, 0.15) is 38.3 Å². The first kappa shape index (κ1) is 23.8. The number of rotatable bonds is 3. The molecule has 4 heterocycles. The van der Waals surface area contributed by atoms with Crippen LogP contribution in [-0.2, 0) is 11.8 Å². The highest BCUT2D eigenvalue weighted by Gasteiger charge is 2.12. The fourth-order valence-corrected chi connectivity index (χ4v) is 3.21. The van der Waals surface area contributed by atoms with Crippen LogP contribution in [0.3, 0.4) is 0 Å². The van der Waals surface area contributed by atoms with Crippen LogP contribution in [0.25, 0.3) is 33.5 Å². The number of fused-ring (bicyclic) bond motifs is 2. The lowest BCUT2D eigenvalue weighted by Gasteiger charge is -2.07. The summed E-state index contributed by atoms with van der Waals surface area (Å²) in [5.41, 5.74) is 5.12. The predicted octanol–water partition coefficient (Wildman–Crippen LogP) is 4.85. The normalized spacial score (nSPS) is 11.3. The molecule has 2 N–H and O–H groups in total. The van der Waals surface area contributed by atoms with Crippen LogP contribution in [-0.4, -0.2) is 36.5 Å². The topological polar surface area (TPSA) is 88.5 Å². The smallest absolute Gasteiger partial charge is 0.217 e. The zero-order chi connectivity index (χ0) is 23.1. The number of hydrogen-bond acceptors (Lipinski definition) is 4. The number of carbonyl (C=O) groups is 1. The Bertz CT molecular complexity index is 1170. The Labute approximate surface area is 183 Å². The number of aromatic amines is 1. The molecule has 1 unspecified atom stereocenters. The van der Waals surface area contributed by atoms with Gasteiger partial charge in [0, 0.05) is 61.1 Å². The number of carbonyl (C=O) groups excluding carboxylic acids is 1. The van der Waals surface area contributed by atoms with Crippen LogP contribution in [0.5, 0.6) is 0 Å². The quantitative estimate of drug-likeness (QED) is 0.464. The average molecular weight is 421 g/mol. The van der Waals surface area contributed by atoms with Crippen LogP contribution in [0.4, 0.5) is 0 Å². The van der Waals surface area contributed by atoms with Crippen molar-refractivity contribution in [2.45, 2.75) is 47.1 Å². The number of pyridine rings is 1. The van der Waals surface area contributed by atoms with E-state index >= 15 is 0 Å². The van der Waals surface area contributed by atoms with Crippen molar-refractivity contribution in [3.05, 3.63) is 55.1 Å². The first-order valence-corrected chi connectivity index (χ1v) is 10.3. The van der Waals surface area contributed by atoms with E-state index in [9.17, 15) is 4.79 Å². The molecule has 31 heavy (non-hydrogen) atoms. The molecule has 164 valence electrons. The maximum atomic E-state index is 10.3. The van der Waals surface area contributed by atoms with Crippen molar-refractivity contribution in [2.24, 2.45) is 7.05 Å². The molecule has 4 aromatic rings. The monoisotopic (exact) mass is 420 g/mol. The van der Waals surface area contributed by atoms with Crippen LogP contribution < -0.4 is 5.32 Å². The van der Waals surface area contributed by atoms with Gasteiger partial charge in [-0.05, 0) is 44.4 Å². The van der Waals surface area contributed by atoms with Gasteiger partial charge in [-0.3, -0.25) is 4.79 Å². The lowest BCUT2D eigenvalue weighted by Crippen LogP contribution is -2.29. The van der Waals surface area contributed by atoms with Gasteiger partial charge in [0.1, 0.15) is 11.3 Å². The van der Waals surface area contributed by atoms with Gasteiger partial charge in [0.05, 0.1) is 0 Å². The average Bonchev–Trinajstić information content (AvgIpc) is 3.29. The fourth-order valence-electron chi connectivity index (χ4n) is 3.21. The van der Waals surface area contributed by atoms with Gasteiger partial charge in [0.15, 0.2) is 5.82 Å². The van der Waals surface area contributed by atoms with E-state index in [4.69, 9.17) is 4.98 Å². The third kappa shape index (κ3) is 5.57. The van der Waals surface area contributed by atoms with E-state index in [0.717, 1.165) is 45.4 Å². The summed E-state index contributed by atoms with van der Waals surface area (Å²) < 4.78 is 2.04. The van der Waals surface area contributed by atoms with Gasteiger partial charge in [0.25, 0.3) is 0 Å². The maximum Gasteiger partial charge on any atom is 0.217 e. The number of nitrogens with one attached hydrogen (secondary N) is 2. The van der Waals surface area contributed by atoms with E-state index in [1.807, 2.05) is 51.0 Å². The fraction of sp³-hybridized carbons (Fsp3) is 0.333. The van der Waals surface area contributed by atoms with Crippen LogP contribution in [0.15, 0.2) is 44.0 Å². The molecular formula is C24H32N6O. The molecule has 1 atom stereocenters. The summed E-state index contributed by atoms with van der Waals surface area (Å²) in [5, 5.41) is 4.90. The van der Waals surface area contributed by atoms with Gasteiger partial charge in [-0.2, -0.15) is 0 Å².